The average molecular weight is 388 g/mol. The molecule has 3 nitrogen and oxygen atoms in total. The lowest BCUT2D eigenvalue weighted by Crippen LogP contribution is -2.45. The maximum Gasteiger partial charge on any atom is 0.247 e. The van der Waals surface area contributed by atoms with E-state index in [1.807, 2.05) is 24.3 Å². The number of anilines is 1. The fourth-order valence-electron chi connectivity index (χ4n) is 1.98. The van der Waals surface area contributed by atoms with E-state index in [-0.39, 0.29) is 0 Å². The summed E-state index contributed by atoms with van der Waals surface area (Å²) in [6.07, 6.45) is 0. The summed E-state index contributed by atoms with van der Waals surface area (Å²) >= 11 is 15.7. The van der Waals surface area contributed by atoms with Gasteiger partial charge in [-0.1, -0.05) is 47.5 Å². The lowest BCUT2D eigenvalue weighted by atomic mass is 9.90. The van der Waals surface area contributed by atoms with Gasteiger partial charge in [0.05, 0.1) is 10.0 Å². The van der Waals surface area contributed by atoms with Gasteiger partial charge in [-0.3, -0.25) is 4.79 Å². The van der Waals surface area contributed by atoms with E-state index in [2.05, 4.69) is 21.2 Å². The zero-order chi connectivity index (χ0) is 15.6. The molecule has 21 heavy (non-hydrogen) atoms. The van der Waals surface area contributed by atoms with Crippen LogP contribution in [0.15, 0.2) is 46.9 Å². The van der Waals surface area contributed by atoms with Crippen LogP contribution in [0, 0.1) is 0 Å². The number of nitrogens with two attached hydrogens (primary N) is 1. The molecule has 0 saturated heterocycles. The smallest absolute Gasteiger partial charge is 0.247 e. The van der Waals surface area contributed by atoms with Crippen molar-refractivity contribution in [3.63, 3.8) is 0 Å². The Kier molecular flexibility index (Phi) is 4.81. The fourth-order valence-corrected chi connectivity index (χ4v) is 2.86. The maximum atomic E-state index is 12.0. The predicted octanol–water partition coefficient (Wildman–Crippen LogP) is 4.57. The molecule has 2 rings (SSSR count). The van der Waals surface area contributed by atoms with Crippen molar-refractivity contribution in [2.24, 2.45) is 5.73 Å². The van der Waals surface area contributed by atoms with Crippen LogP contribution >= 0.6 is 39.1 Å². The van der Waals surface area contributed by atoms with E-state index in [0.29, 0.717) is 15.6 Å². The Balaban J connectivity index is 2.54. The predicted molar refractivity (Wildman–Crippen MR) is 90.8 cm³/mol. The second-order valence-electron chi connectivity index (χ2n) is 4.70. The number of halogens is 3. The minimum absolute atomic E-state index is 0.306. The first-order chi connectivity index (χ1) is 9.86. The average Bonchev–Trinajstić information content (AvgIpc) is 2.44. The van der Waals surface area contributed by atoms with Crippen LogP contribution in [0.5, 0.6) is 0 Å². The first kappa shape index (κ1) is 16.1. The molecule has 0 aromatic heterocycles. The van der Waals surface area contributed by atoms with Gasteiger partial charge in [0.2, 0.25) is 5.91 Å². The van der Waals surface area contributed by atoms with E-state index >= 15 is 0 Å². The molecule has 0 spiro atoms. The summed E-state index contributed by atoms with van der Waals surface area (Å²) in [7, 11) is 0. The minimum atomic E-state index is -1.19. The summed E-state index contributed by atoms with van der Waals surface area (Å²) in [4.78, 5) is 12.0. The molecule has 1 atom stereocenters. The van der Waals surface area contributed by atoms with Crippen molar-refractivity contribution in [3.8, 4) is 0 Å². The Morgan fingerprint density at radius 1 is 1.19 bits per heavy atom. The van der Waals surface area contributed by atoms with E-state index in [9.17, 15) is 4.79 Å². The Morgan fingerprint density at radius 3 is 2.48 bits per heavy atom. The third kappa shape index (κ3) is 3.18. The minimum Gasteiger partial charge on any atom is -0.367 e. The van der Waals surface area contributed by atoms with Gasteiger partial charge in [-0.15, -0.1) is 0 Å². The second kappa shape index (κ2) is 6.26. The number of primary amides is 1. The molecule has 0 aliphatic heterocycles. The van der Waals surface area contributed by atoms with Gasteiger partial charge in [0.1, 0.15) is 5.54 Å². The molecule has 3 N–H and O–H groups in total. The lowest BCUT2D eigenvalue weighted by Gasteiger charge is -2.30. The molecular weight excluding hydrogens is 375 g/mol. The molecule has 2 aromatic rings. The van der Waals surface area contributed by atoms with Crippen LogP contribution in [0.4, 0.5) is 5.69 Å². The number of amides is 1. The Morgan fingerprint density at radius 2 is 1.86 bits per heavy atom. The van der Waals surface area contributed by atoms with Crippen LogP contribution < -0.4 is 11.1 Å². The largest absolute Gasteiger partial charge is 0.367 e. The van der Waals surface area contributed by atoms with Crippen molar-refractivity contribution < 1.29 is 4.79 Å². The molecule has 0 aliphatic rings. The third-order valence-electron chi connectivity index (χ3n) is 3.24. The van der Waals surface area contributed by atoms with Crippen LogP contribution in [0.1, 0.15) is 12.5 Å². The summed E-state index contributed by atoms with van der Waals surface area (Å²) in [5, 5.41) is 3.82. The molecule has 1 unspecified atom stereocenters. The number of nitrogens with one attached hydrogen (secondary N) is 1. The van der Waals surface area contributed by atoms with Gasteiger partial charge in [0.15, 0.2) is 0 Å². The summed E-state index contributed by atoms with van der Waals surface area (Å²) < 4.78 is 0.815. The molecule has 0 saturated carbocycles. The zero-order valence-corrected chi connectivity index (χ0v) is 14.3. The first-order valence-corrected chi connectivity index (χ1v) is 7.68. The highest BCUT2D eigenvalue weighted by molar-refractivity contribution is 9.10. The summed E-state index contributed by atoms with van der Waals surface area (Å²) in [6.45, 7) is 1.67. The van der Waals surface area contributed by atoms with Crippen molar-refractivity contribution in [2.75, 3.05) is 5.32 Å². The van der Waals surface area contributed by atoms with Gasteiger partial charge in [0.25, 0.3) is 0 Å². The van der Waals surface area contributed by atoms with Crippen LogP contribution in [-0.2, 0) is 10.3 Å². The van der Waals surface area contributed by atoms with Gasteiger partial charge < -0.3 is 11.1 Å². The van der Waals surface area contributed by atoms with E-state index in [4.69, 9.17) is 28.9 Å². The highest BCUT2D eigenvalue weighted by atomic mass is 79.9. The van der Waals surface area contributed by atoms with Gasteiger partial charge >= 0.3 is 0 Å². The van der Waals surface area contributed by atoms with Crippen LogP contribution in [0.25, 0.3) is 0 Å². The quantitative estimate of drug-likeness (QED) is 0.807. The van der Waals surface area contributed by atoms with Crippen molar-refractivity contribution in [2.45, 2.75) is 12.5 Å². The number of hydrogen-bond acceptors (Lipinski definition) is 2. The van der Waals surface area contributed by atoms with Crippen LogP contribution in [0.3, 0.4) is 0 Å². The number of rotatable bonds is 4. The normalized spacial score (nSPS) is 13.5. The highest BCUT2D eigenvalue weighted by Gasteiger charge is 2.36. The monoisotopic (exact) mass is 386 g/mol. The number of carbonyl (C=O) groups excluding carboxylic acids is 1. The number of hydrogen-bond donors (Lipinski definition) is 2. The second-order valence-corrected chi connectivity index (χ2v) is 6.33. The van der Waals surface area contributed by atoms with Gasteiger partial charge in [-0.25, -0.2) is 0 Å². The molecule has 110 valence electrons. The molecule has 0 bridgehead atoms. The molecule has 2 aromatic carbocycles. The van der Waals surface area contributed by atoms with Gasteiger partial charge in [0, 0.05) is 15.7 Å². The van der Waals surface area contributed by atoms with E-state index in [1.165, 1.54) is 0 Å². The topological polar surface area (TPSA) is 55.1 Å². The Labute approximate surface area is 141 Å². The van der Waals surface area contributed by atoms with Gasteiger partial charge in [-0.05, 0) is 41.1 Å². The van der Waals surface area contributed by atoms with E-state index in [0.717, 1.165) is 10.2 Å². The lowest BCUT2D eigenvalue weighted by molar-refractivity contribution is -0.122. The molecule has 0 fully saturated rings. The SMILES string of the molecule is CC(Nc1ccccc1Br)(C(N)=O)c1cccc(Cl)c1Cl. The third-order valence-corrected chi connectivity index (χ3v) is 4.75. The van der Waals surface area contributed by atoms with Crippen molar-refractivity contribution in [1.29, 1.82) is 0 Å². The Hall–Kier alpha value is -1.23. The molecule has 0 heterocycles. The summed E-state index contributed by atoms with van der Waals surface area (Å²) in [5.74, 6) is -0.553. The van der Waals surface area contributed by atoms with Crippen LogP contribution in [-0.4, -0.2) is 5.91 Å². The molecule has 0 aliphatic carbocycles. The summed E-state index contributed by atoms with van der Waals surface area (Å²) in [5.41, 5.74) is 5.67. The van der Waals surface area contributed by atoms with Crippen molar-refractivity contribution in [3.05, 3.63) is 62.5 Å². The molecular formula is C15H13BrCl2N2O. The maximum absolute atomic E-state index is 12.0. The number of benzene rings is 2. The molecule has 0 radical (unpaired) electrons. The van der Waals surface area contributed by atoms with E-state index in [1.54, 1.807) is 25.1 Å². The zero-order valence-electron chi connectivity index (χ0n) is 11.2. The standard InChI is InChI=1S/C15H13BrCl2N2O/c1-15(14(19)21,9-5-4-7-11(17)13(9)18)20-12-8-3-2-6-10(12)16/h2-8,20H,1H3,(H2,19,21). The molecule has 1 amide bonds. The van der Waals surface area contributed by atoms with Gasteiger partial charge in [-0.2, -0.15) is 0 Å². The summed E-state index contributed by atoms with van der Waals surface area (Å²) in [6, 6.07) is 12.5. The van der Waals surface area contributed by atoms with Crippen LogP contribution in [0.2, 0.25) is 10.0 Å². The highest BCUT2D eigenvalue weighted by Crippen LogP contribution is 2.36. The van der Waals surface area contributed by atoms with Crippen molar-refractivity contribution >= 4 is 50.7 Å². The molecule has 6 heteroatoms. The fraction of sp³-hybridized carbons (Fsp3) is 0.133. The first-order valence-electron chi connectivity index (χ1n) is 6.13. The van der Waals surface area contributed by atoms with Crippen molar-refractivity contribution in [1.82, 2.24) is 0 Å². The Bertz CT molecular complexity index is 693. The number of carbonyl (C=O) groups is 1. The van der Waals surface area contributed by atoms with E-state index < -0.39 is 11.4 Å². The number of para-hydroxylation sites is 1.